The van der Waals surface area contributed by atoms with Crippen LogP contribution in [0.2, 0.25) is 0 Å². The summed E-state index contributed by atoms with van der Waals surface area (Å²) < 4.78 is 11.5. The molecule has 0 saturated carbocycles. The highest BCUT2D eigenvalue weighted by molar-refractivity contribution is 9.11. The van der Waals surface area contributed by atoms with Gasteiger partial charge >= 0.3 is 12.1 Å². The quantitative estimate of drug-likeness (QED) is 0.402. The van der Waals surface area contributed by atoms with Gasteiger partial charge in [0.1, 0.15) is 5.60 Å². The molecule has 5 nitrogen and oxygen atoms in total. The summed E-state index contributed by atoms with van der Waals surface area (Å²) in [4.78, 5) is 25.9. The van der Waals surface area contributed by atoms with E-state index in [-0.39, 0.29) is 12.1 Å². The third kappa shape index (κ3) is 5.69. The van der Waals surface area contributed by atoms with E-state index in [0.717, 1.165) is 35.1 Å². The van der Waals surface area contributed by atoms with E-state index in [1.165, 1.54) is 22.7 Å². The minimum Gasteiger partial charge on any atom is -0.465 e. The molecule has 0 spiro atoms. The standard InChI is InChI=1S/C29H32BrNO4/c1-18-6-9-22-15-23(27(32)34-5)12-13-24(22)25(26(18)30)21-10-7-19(8-11-21)14-20-16-31(17-20)28(33)35-29(2,3)4/h7-8,10-15,18H,6,9,16-17H2,1-5H3. The van der Waals surface area contributed by atoms with Crippen molar-refractivity contribution in [1.29, 1.82) is 0 Å². The van der Waals surface area contributed by atoms with Crippen molar-refractivity contribution in [1.82, 2.24) is 4.90 Å². The Morgan fingerprint density at radius 3 is 2.40 bits per heavy atom. The number of methoxy groups -OCH3 is 1. The van der Waals surface area contributed by atoms with E-state index in [9.17, 15) is 9.59 Å². The van der Waals surface area contributed by atoms with E-state index in [0.29, 0.717) is 24.6 Å². The summed E-state index contributed by atoms with van der Waals surface area (Å²) in [5.41, 5.74) is 7.01. The number of hydrogen-bond donors (Lipinski definition) is 0. The molecule has 1 aliphatic heterocycles. The Hall–Kier alpha value is -2.86. The van der Waals surface area contributed by atoms with E-state index < -0.39 is 5.60 Å². The highest BCUT2D eigenvalue weighted by Gasteiger charge is 2.29. The van der Waals surface area contributed by atoms with Crippen LogP contribution in [0.5, 0.6) is 0 Å². The second-order valence-corrected chi connectivity index (χ2v) is 11.1. The number of carbonyl (C=O) groups is 2. The lowest BCUT2D eigenvalue weighted by Gasteiger charge is -2.35. The number of halogens is 1. The average Bonchev–Trinajstić information content (AvgIpc) is 2.90. The number of amides is 1. The lowest BCUT2D eigenvalue weighted by molar-refractivity contribution is 0.0216. The number of benzene rings is 2. The fraction of sp³-hybridized carbons (Fsp3) is 0.379. The van der Waals surface area contributed by atoms with Crippen molar-refractivity contribution in [3.63, 3.8) is 0 Å². The third-order valence-electron chi connectivity index (χ3n) is 6.32. The van der Waals surface area contributed by atoms with Crippen LogP contribution in [0, 0.1) is 5.92 Å². The first-order valence-electron chi connectivity index (χ1n) is 11.9. The van der Waals surface area contributed by atoms with E-state index in [4.69, 9.17) is 9.47 Å². The van der Waals surface area contributed by atoms with Gasteiger partial charge in [-0.2, -0.15) is 0 Å². The molecule has 0 bridgehead atoms. The van der Waals surface area contributed by atoms with Gasteiger partial charge in [-0.05, 0) is 85.1 Å². The summed E-state index contributed by atoms with van der Waals surface area (Å²) in [6.07, 6.45) is 3.77. The second kappa shape index (κ2) is 10.0. The van der Waals surface area contributed by atoms with Crippen LogP contribution >= 0.6 is 15.9 Å². The van der Waals surface area contributed by atoms with E-state index in [2.05, 4.69) is 53.2 Å². The molecule has 1 aliphatic carbocycles. The van der Waals surface area contributed by atoms with E-state index >= 15 is 0 Å². The van der Waals surface area contributed by atoms with Gasteiger partial charge in [0.15, 0.2) is 0 Å². The largest absolute Gasteiger partial charge is 0.465 e. The van der Waals surface area contributed by atoms with Crippen LogP contribution in [-0.4, -0.2) is 42.8 Å². The normalized spacial score (nSPS) is 17.8. The molecule has 1 unspecified atom stereocenters. The highest BCUT2D eigenvalue weighted by Crippen LogP contribution is 2.40. The molecule has 35 heavy (non-hydrogen) atoms. The SMILES string of the molecule is COC(=O)c1ccc2c(c1)CCC(C)C(Br)=C2c1ccc(C=C2CN(C(=O)OC(C)(C)C)C2)cc1. The van der Waals surface area contributed by atoms with Gasteiger partial charge in [0.25, 0.3) is 0 Å². The van der Waals surface area contributed by atoms with Crippen LogP contribution in [-0.2, 0) is 15.9 Å². The molecule has 2 aromatic carbocycles. The average molecular weight is 538 g/mol. The molecule has 184 valence electrons. The molecule has 2 aromatic rings. The summed E-state index contributed by atoms with van der Waals surface area (Å²) >= 11 is 3.88. The fourth-order valence-corrected chi connectivity index (χ4v) is 5.10. The molecule has 1 fully saturated rings. The van der Waals surface area contributed by atoms with Crippen LogP contribution < -0.4 is 0 Å². The maximum Gasteiger partial charge on any atom is 0.410 e. The van der Waals surface area contributed by atoms with E-state index in [1.807, 2.05) is 39.0 Å². The minimum absolute atomic E-state index is 0.265. The Morgan fingerprint density at radius 2 is 1.77 bits per heavy atom. The van der Waals surface area contributed by atoms with Crippen molar-refractivity contribution in [3.8, 4) is 0 Å². The van der Waals surface area contributed by atoms with Gasteiger partial charge in [-0.3, -0.25) is 0 Å². The van der Waals surface area contributed by atoms with Gasteiger partial charge in [-0.15, -0.1) is 0 Å². The van der Waals surface area contributed by atoms with Crippen LogP contribution in [0.1, 0.15) is 66.7 Å². The Balaban J connectivity index is 1.55. The van der Waals surface area contributed by atoms with Crippen molar-refractivity contribution < 1.29 is 19.1 Å². The van der Waals surface area contributed by atoms with Crippen molar-refractivity contribution in [2.24, 2.45) is 5.92 Å². The summed E-state index contributed by atoms with van der Waals surface area (Å²) in [7, 11) is 1.41. The third-order valence-corrected chi connectivity index (χ3v) is 7.50. The molecule has 2 aliphatic rings. The Kier molecular flexibility index (Phi) is 7.22. The number of carbonyl (C=O) groups excluding carboxylic acids is 2. The number of fused-ring (bicyclic) bond motifs is 1. The molecular weight excluding hydrogens is 506 g/mol. The first kappa shape index (κ1) is 25.2. The zero-order valence-corrected chi connectivity index (χ0v) is 22.6. The Morgan fingerprint density at radius 1 is 1.09 bits per heavy atom. The minimum atomic E-state index is -0.482. The van der Waals surface area contributed by atoms with Crippen LogP contribution in [0.15, 0.2) is 52.5 Å². The number of hydrogen-bond acceptors (Lipinski definition) is 4. The molecule has 0 aromatic heterocycles. The first-order valence-corrected chi connectivity index (χ1v) is 12.7. The van der Waals surface area contributed by atoms with Gasteiger partial charge in [0.05, 0.1) is 12.7 Å². The molecule has 6 heteroatoms. The van der Waals surface area contributed by atoms with E-state index in [1.54, 1.807) is 4.90 Å². The van der Waals surface area contributed by atoms with Crippen molar-refractivity contribution in [2.75, 3.05) is 20.2 Å². The molecule has 1 saturated heterocycles. The van der Waals surface area contributed by atoms with Crippen LogP contribution in [0.3, 0.4) is 0 Å². The Bertz CT molecular complexity index is 1200. The molecular formula is C29H32BrNO4. The van der Waals surface area contributed by atoms with Gasteiger partial charge in [0.2, 0.25) is 0 Å². The number of ether oxygens (including phenoxy) is 2. The summed E-state index contributed by atoms with van der Waals surface area (Å²) in [6.45, 7) is 9.05. The predicted octanol–water partition coefficient (Wildman–Crippen LogP) is 6.84. The molecule has 4 rings (SSSR count). The molecule has 1 amide bonds. The predicted molar refractivity (Wildman–Crippen MR) is 142 cm³/mol. The molecule has 0 radical (unpaired) electrons. The van der Waals surface area contributed by atoms with Crippen LogP contribution in [0.4, 0.5) is 4.79 Å². The lowest BCUT2D eigenvalue weighted by atomic mass is 9.91. The van der Waals surface area contributed by atoms with Gasteiger partial charge in [0, 0.05) is 17.6 Å². The molecule has 0 N–H and O–H groups in total. The highest BCUT2D eigenvalue weighted by atomic mass is 79.9. The summed E-state index contributed by atoms with van der Waals surface area (Å²) in [5, 5.41) is 0. The first-order chi connectivity index (χ1) is 16.6. The number of allylic oxidation sites excluding steroid dienone is 1. The smallest absolute Gasteiger partial charge is 0.410 e. The monoisotopic (exact) mass is 537 g/mol. The maximum atomic E-state index is 12.2. The molecule has 1 heterocycles. The zero-order valence-electron chi connectivity index (χ0n) is 21.0. The number of likely N-dealkylation sites (tertiary alicyclic amines) is 1. The van der Waals surface area contributed by atoms with Crippen molar-refractivity contribution in [2.45, 2.75) is 46.1 Å². The lowest BCUT2D eigenvalue weighted by Crippen LogP contribution is -2.46. The van der Waals surface area contributed by atoms with Gasteiger partial charge < -0.3 is 14.4 Å². The second-order valence-electron chi connectivity index (χ2n) is 10.3. The van der Waals surface area contributed by atoms with Crippen molar-refractivity contribution in [3.05, 3.63) is 80.3 Å². The van der Waals surface area contributed by atoms with Crippen LogP contribution in [0.25, 0.3) is 11.6 Å². The zero-order chi connectivity index (χ0) is 25.3. The number of rotatable bonds is 3. The topological polar surface area (TPSA) is 55.8 Å². The number of nitrogens with zero attached hydrogens (tertiary/aromatic N) is 1. The van der Waals surface area contributed by atoms with Gasteiger partial charge in [-0.25, -0.2) is 9.59 Å². The van der Waals surface area contributed by atoms with Crippen molar-refractivity contribution >= 4 is 39.6 Å². The number of aryl methyl sites for hydroxylation is 1. The maximum absolute atomic E-state index is 12.2. The van der Waals surface area contributed by atoms with Gasteiger partial charge in [-0.1, -0.05) is 59.3 Å². The Labute approximate surface area is 215 Å². The fourth-order valence-electron chi connectivity index (χ4n) is 4.43. The summed E-state index contributed by atoms with van der Waals surface area (Å²) in [5.74, 6) is 0.0582. The summed E-state index contributed by atoms with van der Waals surface area (Å²) in [6, 6.07) is 14.4. The molecule has 1 atom stereocenters. The number of esters is 1.